The Labute approximate surface area is 102 Å². The lowest BCUT2D eigenvalue weighted by Crippen LogP contribution is -2.25. The van der Waals surface area contributed by atoms with Crippen molar-refractivity contribution in [3.8, 4) is 12.3 Å². The van der Waals surface area contributed by atoms with E-state index in [0.29, 0.717) is 17.8 Å². The van der Waals surface area contributed by atoms with Crippen LogP contribution in [0.25, 0.3) is 0 Å². The highest BCUT2D eigenvalue weighted by molar-refractivity contribution is 5.96. The highest BCUT2D eigenvalue weighted by Gasteiger charge is 2.08. The van der Waals surface area contributed by atoms with Crippen molar-refractivity contribution in [3.05, 3.63) is 29.3 Å². The second kappa shape index (κ2) is 6.59. The summed E-state index contributed by atoms with van der Waals surface area (Å²) < 4.78 is 0. The molecule has 0 radical (unpaired) electrons. The van der Waals surface area contributed by atoms with Crippen LogP contribution in [0, 0.1) is 19.3 Å². The van der Waals surface area contributed by atoms with Crippen LogP contribution in [0.15, 0.2) is 18.2 Å². The Hall–Kier alpha value is -1.95. The summed E-state index contributed by atoms with van der Waals surface area (Å²) in [6.07, 6.45) is 7.74. The van der Waals surface area contributed by atoms with E-state index >= 15 is 0 Å². The van der Waals surface area contributed by atoms with Crippen LogP contribution in [0.4, 0.5) is 5.69 Å². The third kappa shape index (κ3) is 4.20. The van der Waals surface area contributed by atoms with E-state index in [0.717, 1.165) is 24.8 Å². The molecule has 0 aliphatic rings. The molecule has 0 fully saturated rings. The maximum atomic E-state index is 11.8. The van der Waals surface area contributed by atoms with E-state index in [1.807, 2.05) is 13.0 Å². The maximum absolute atomic E-state index is 11.8. The minimum absolute atomic E-state index is 0.0736. The number of hydrogen-bond donors (Lipinski definition) is 2. The van der Waals surface area contributed by atoms with Crippen LogP contribution >= 0.6 is 0 Å². The Morgan fingerprint density at radius 1 is 1.47 bits per heavy atom. The highest BCUT2D eigenvalue weighted by Crippen LogP contribution is 2.12. The van der Waals surface area contributed by atoms with Gasteiger partial charge < -0.3 is 11.1 Å². The first-order valence-corrected chi connectivity index (χ1v) is 5.73. The Morgan fingerprint density at radius 3 is 2.94 bits per heavy atom. The number of rotatable bonds is 5. The first-order chi connectivity index (χ1) is 8.15. The Bertz CT molecular complexity index is 432. The molecule has 3 heteroatoms. The number of benzene rings is 1. The number of terminal acetylenes is 1. The van der Waals surface area contributed by atoms with Crippen molar-refractivity contribution >= 4 is 11.6 Å². The lowest BCUT2D eigenvalue weighted by Gasteiger charge is -2.08. The van der Waals surface area contributed by atoms with Gasteiger partial charge in [0.15, 0.2) is 0 Å². The summed E-state index contributed by atoms with van der Waals surface area (Å²) in [4.78, 5) is 11.8. The molecule has 0 unspecified atom stereocenters. The molecule has 0 aliphatic carbocycles. The van der Waals surface area contributed by atoms with Crippen molar-refractivity contribution in [2.24, 2.45) is 0 Å². The first-order valence-electron chi connectivity index (χ1n) is 5.73. The largest absolute Gasteiger partial charge is 0.399 e. The summed E-state index contributed by atoms with van der Waals surface area (Å²) in [6.45, 7) is 2.54. The molecule has 0 aliphatic heterocycles. The van der Waals surface area contributed by atoms with Crippen molar-refractivity contribution in [3.63, 3.8) is 0 Å². The van der Waals surface area contributed by atoms with Gasteiger partial charge in [-0.15, -0.1) is 12.3 Å². The average Bonchev–Trinajstić information content (AvgIpc) is 2.32. The molecule has 0 spiro atoms. The summed E-state index contributed by atoms with van der Waals surface area (Å²) in [5.41, 5.74) is 7.83. The molecule has 1 rings (SSSR count). The molecule has 1 aromatic carbocycles. The van der Waals surface area contributed by atoms with Crippen LogP contribution in [-0.2, 0) is 0 Å². The molecule has 0 saturated carbocycles. The van der Waals surface area contributed by atoms with Crippen molar-refractivity contribution < 1.29 is 4.79 Å². The molecule has 0 atom stereocenters. The maximum Gasteiger partial charge on any atom is 0.251 e. The molecule has 17 heavy (non-hydrogen) atoms. The second-order valence-corrected chi connectivity index (χ2v) is 3.99. The van der Waals surface area contributed by atoms with Gasteiger partial charge in [0.2, 0.25) is 0 Å². The molecular formula is C14H18N2O. The zero-order valence-corrected chi connectivity index (χ0v) is 10.1. The number of nitrogens with one attached hydrogen (secondary N) is 1. The average molecular weight is 230 g/mol. The summed E-state index contributed by atoms with van der Waals surface area (Å²) in [5.74, 6) is 2.50. The first kappa shape index (κ1) is 13.1. The standard InChI is InChI=1S/C14H18N2O/c1-3-4-5-6-9-16-14(17)13-10-12(15)8-7-11(13)2/h1,7-8,10H,4-6,9,15H2,2H3,(H,16,17). The predicted octanol–water partition coefficient (Wildman–Crippen LogP) is 2.11. The van der Waals surface area contributed by atoms with Crippen LogP contribution in [-0.4, -0.2) is 12.5 Å². The van der Waals surface area contributed by atoms with Crippen LogP contribution in [0.2, 0.25) is 0 Å². The van der Waals surface area contributed by atoms with Gasteiger partial charge in [-0.3, -0.25) is 4.79 Å². The normalized spacial score (nSPS) is 9.65. The molecule has 3 nitrogen and oxygen atoms in total. The number of nitrogen functional groups attached to an aromatic ring is 1. The molecule has 0 heterocycles. The van der Waals surface area contributed by atoms with E-state index in [4.69, 9.17) is 12.2 Å². The van der Waals surface area contributed by atoms with Crippen LogP contribution < -0.4 is 11.1 Å². The monoisotopic (exact) mass is 230 g/mol. The SMILES string of the molecule is C#CCCCCNC(=O)c1cc(N)ccc1C. The van der Waals surface area contributed by atoms with E-state index in [2.05, 4.69) is 11.2 Å². The third-order valence-corrected chi connectivity index (χ3v) is 2.54. The lowest BCUT2D eigenvalue weighted by atomic mass is 10.1. The Morgan fingerprint density at radius 2 is 2.24 bits per heavy atom. The fourth-order valence-corrected chi connectivity index (χ4v) is 1.53. The van der Waals surface area contributed by atoms with Gasteiger partial charge in [0.25, 0.3) is 5.91 Å². The lowest BCUT2D eigenvalue weighted by molar-refractivity contribution is 0.0952. The highest BCUT2D eigenvalue weighted by atomic mass is 16.1. The van der Waals surface area contributed by atoms with Crippen molar-refractivity contribution in [2.75, 3.05) is 12.3 Å². The van der Waals surface area contributed by atoms with Gasteiger partial charge in [-0.1, -0.05) is 6.07 Å². The number of nitrogens with two attached hydrogens (primary N) is 1. The predicted molar refractivity (Wildman–Crippen MR) is 70.6 cm³/mol. The number of unbranched alkanes of at least 4 members (excludes halogenated alkanes) is 2. The molecule has 1 amide bonds. The number of aryl methyl sites for hydroxylation is 1. The quantitative estimate of drug-likeness (QED) is 0.462. The van der Waals surface area contributed by atoms with Gasteiger partial charge in [0.1, 0.15) is 0 Å². The zero-order chi connectivity index (χ0) is 12.7. The molecule has 3 N–H and O–H groups in total. The third-order valence-electron chi connectivity index (χ3n) is 2.54. The van der Waals surface area contributed by atoms with Gasteiger partial charge in [-0.2, -0.15) is 0 Å². The summed E-state index contributed by atoms with van der Waals surface area (Å²) in [7, 11) is 0. The van der Waals surface area contributed by atoms with E-state index < -0.39 is 0 Å². The van der Waals surface area contributed by atoms with Gasteiger partial charge in [0, 0.05) is 24.2 Å². The van der Waals surface area contributed by atoms with Crippen LogP contribution in [0.1, 0.15) is 35.2 Å². The number of amides is 1. The minimum Gasteiger partial charge on any atom is -0.399 e. The van der Waals surface area contributed by atoms with E-state index in [1.165, 1.54) is 0 Å². The Balaban J connectivity index is 2.47. The molecule has 1 aromatic rings. The Kier molecular flexibility index (Phi) is 5.09. The molecule has 0 saturated heterocycles. The fourth-order valence-electron chi connectivity index (χ4n) is 1.53. The number of anilines is 1. The van der Waals surface area contributed by atoms with E-state index in [-0.39, 0.29) is 5.91 Å². The second-order valence-electron chi connectivity index (χ2n) is 3.99. The summed E-state index contributed by atoms with van der Waals surface area (Å²) in [5, 5.41) is 2.86. The minimum atomic E-state index is -0.0736. The smallest absolute Gasteiger partial charge is 0.251 e. The molecule has 0 aromatic heterocycles. The van der Waals surface area contributed by atoms with Gasteiger partial charge in [-0.05, 0) is 37.5 Å². The van der Waals surface area contributed by atoms with E-state index in [1.54, 1.807) is 12.1 Å². The van der Waals surface area contributed by atoms with Crippen molar-refractivity contribution in [2.45, 2.75) is 26.2 Å². The summed E-state index contributed by atoms with van der Waals surface area (Å²) >= 11 is 0. The number of carbonyl (C=O) groups excluding carboxylic acids is 1. The van der Waals surface area contributed by atoms with Crippen LogP contribution in [0.3, 0.4) is 0 Å². The topological polar surface area (TPSA) is 55.1 Å². The molecule has 0 bridgehead atoms. The number of hydrogen-bond acceptors (Lipinski definition) is 2. The van der Waals surface area contributed by atoms with Gasteiger partial charge in [0.05, 0.1) is 0 Å². The zero-order valence-electron chi connectivity index (χ0n) is 10.1. The summed E-state index contributed by atoms with van der Waals surface area (Å²) in [6, 6.07) is 5.34. The van der Waals surface area contributed by atoms with Crippen molar-refractivity contribution in [1.82, 2.24) is 5.32 Å². The van der Waals surface area contributed by atoms with Crippen molar-refractivity contribution in [1.29, 1.82) is 0 Å². The van der Waals surface area contributed by atoms with E-state index in [9.17, 15) is 4.79 Å². The van der Waals surface area contributed by atoms with Gasteiger partial charge in [-0.25, -0.2) is 0 Å². The fraction of sp³-hybridized carbons (Fsp3) is 0.357. The van der Waals surface area contributed by atoms with Crippen LogP contribution in [0.5, 0.6) is 0 Å². The molecule has 90 valence electrons. The number of carbonyl (C=O) groups is 1. The molecular weight excluding hydrogens is 212 g/mol. The van der Waals surface area contributed by atoms with Gasteiger partial charge >= 0.3 is 0 Å².